The van der Waals surface area contributed by atoms with E-state index < -0.39 is 0 Å². The smallest absolute Gasteiger partial charge is 0.188 e. The summed E-state index contributed by atoms with van der Waals surface area (Å²) in [6.45, 7) is 0. The molecule has 2 aromatic rings. The van der Waals surface area contributed by atoms with Crippen molar-refractivity contribution in [3.8, 4) is 10.4 Å². The summed E-state index contributed by atoms with van der Waals surface area (Å²) in [5.41, 5.74) is 1.09. The van der Waals surface area contributed by atoms with Gasteiger partial charge in [0.2, 0.25) is 0 Å². The molecule has 44 valence electrons. The molecule has 0 spiro atoms. The van der Waals surface area contributed by atoms with Crippen LogP contribution in [0.2, 0.25) is 0 Å². The Labute approximate surface area is 56.3 Å². The molecule has 0 saturated carbocycles. The van der Waals surface area contributed by atoms with Crippen molar-refractivity contribution in [1.82, 2.24) is 0 Å². The van der Waals surface area contributed by atoms with E-state index >= 15 is 0 Å². The molecule has 0 bridgehead atoms. The minimum atomic E-state index is 0.192. The molecule has 0 aliphatic rings. The van der Waals surface area contributed by atoms with Crippen molar-refractivity contribution in [3.63, 3.8) is 0 Å². The van der Waals surface area contributed by atoms with Crippen molar-refractivity contribution in [3.05, 3.63) is 33.8 Å². The lowest BCUT2D eigenvalue weighted by atomic mass is 10.4. The second kappa shape index (κ2) is 1.54. The molecule has 0 saturated heterocycles. The van der Waals surface area contributed by atoms with Crippen LogP contribution in [0.5, 0.6) is 0 Å². The van der Waals surface area contributed by atoms with Crippen LogP contribution in [0.25, 0.3) is 10.4 Å². The van der Waals surface area contributed by atoms with E-state index in [0.29, 0.717) is 0 Å². The molecule has 0 amide bonds. The third-order valence-corrected chi connectivity index (χ3v) is 2.15. The van der Waals surface area contributed by atoms with Gasteiger partial charge in [-0.25, -0.2) is 0 Å². The molecule has 0 fully saturated rings. The van der Waals surface area contributed by atoms with Gasteiger partial charge < -0.3 is 0 Å². The van der Waals surface area contributed by atoms with Crippen molar-refractivity contribution < 1.29 is 0 Å². The van der Waals surface area contributed by atoms with Crippen LogP contribution in [-0.4, -0.2) is 0 Å². The Kier molecular flexibility index (Phi) is 0.848. The number of rotatable bonds is 1. The summed E-state index contributed by atoms with van der Waals surface area (Å²) in [7, 11) is 0. The highest BCUT2D eigenvalue weighted by molar-refractivity contribution is 7.13. The van der Waals surface area contributed by atoms with Gasteiger partial charge in [-0.05, 0) is 17.5 Å². The number of thiophene rings is 1. The van der Waals surface area contributed by atoms with Crippen molar-refractivity contribution in [2.45, 2.75) is 0 Å². The third kappa shape index (κ3) is 0.715. The van der Waals surface area contributed by atoms with Gasteiger partial charge in [0.15, 0.2) is 5.43 Å². The molecular formula is C7H4OS. The van der Waals surface area contributed by atoms with E-state index in [1.807, 2.05) is 17.5 Å². The van der Waals surface area contributed by atoms with E-state index in [1.54, 1.807) is 17.4 Å². The Bertz CT molecular complexity index is 311. The number of hydrogen-bond donors (Lipinski definition) is 0. The monoisotopic (exact) mass is 136 g/mol. The zero-order valence-electron chi connectivity index (χ0n) is 4.63. The summed E-state index contributed by atoms with van der Waals surface area (Å²) in [5.74, 6) is 0. The first-order chi connectivity index (χ1) is 4.38. The normalized spacial score (nSPS) is 10.7. The molecule has 1 heterocycles. The van der Waals surface area contributed by atoms with E-state index in [4.69, 9.17) is 0 Å². The Hall–Kier alpha value is -0.890. The summed E-state index contributed by atoms with van der Waals surface area (Å²) in [4.78, 5) is 11.6. The quantitative estimate of drug-likeness (QED) is 0.582. The van der Waals surface area contributed by atoms with Crippen molar-refractivity contribution in [2.75, 3.05) is 0 Å². The lowest BCUT2D eigenvalue weighted by molar-refractivity contribution is 1.95. The largest absolute Gasteiger partial charge is 0.289 e. The zero-order chi connectivity index (χ0) is 6.27. The molecule has 0 atom stereocenters. The highest BCUT2D eigenvalue weighted by Gasteiger charge is 2.10. The van der Waals surface area contributed by atoms with Gasteiger partial charge >= 0.3 is 0 Å². The molecular weight excluding hydrogens is 132 g/mol. The predicted octanol–water partition coefficient (Wildman–Crippen LogP) is 1.65. The van der Waals surface area contributed by atoms with Gasteiger partial charge in [-0.3, -0.25) is 4.79 Å². The average Bonchev–Trinajstić information content (AvgIpc) is 2.44. The molecule has 0 N–H and O–H groups in total. The molecule has 0 unspecified atom stereocenters. The molecule has 1 aromatic carbocycles. The Morgan fingerprint density at radius 3 is 2.67 bits per heavy atom. The Morgan fingerprint density at radius 2 is 2.22 bits per heavy atom. The first kappa shape index (κ1) is 4.94. The molecule has 9 heavy (non-hydrogen) atoms. The van der Waals surface area contributed by atoms with E-state index in [2.05, 4.69) is 0 Å². The highest BCUT2D eigenvalue weighted by Crippen LogP contribution is 2.23. The van der Waals surface area contributed by atoms with Crippen LogP contribution in [0.15, 0.2) is 28.4 Å². The summed E-state index contributed by atoms with van der Waals surface area (Å²) >= 11 is 1.61. The fraction of sp³-hybridized carbons (Fsp3) is 0. The maximum absolute atomic E-state index is 10.5. The minimum absolute atomic E-state index is 0.192. The zero-order valence-corrected chi connectivity index (χ0v) is 5.44. The van der Waals surface area contributed by atoms with Gasteiger partial charge in [-0.15, -0.1) is 11.3 Å². The molecule has 1 aromatic heterocycles. The first-order valence-corrected chi connectivity index (χ1v) is 3.56. The highest BCUT2D eigenvalue weighted by atomic mass is 32.1. The molecule has 2 heteroatoms. The van der Waals surface area contributed by atoms with Crippen LogP contribution in [0.1, 0.15) is 0 Å². The molecule has 0 aliphatic carbocycles. The van der Waals surface area contributed by atoms with Crippen LogP contribution >= 0.6 is 11.3 Å². The fourth-order valence-corrected chi connectivity index (χ4v) is 1.47. The lowest BCUT2D eigenvalue weighted by Crippen LogP contribution is -1.70. The van der Waals surface area contributed by atoms with Crippen molar-refractivity contribution in [1.29, 1.82) is 0 Å². The number of hydrogen-bond acceptors (Lipinski definition) is 2. The summed E-state index contributed by atoms with van der Waals surface area (Å²) in [6.07, 6.45) is 0. The van der Waals surface area contributed by atoms with E-state index in [9.17, 15) is 4.79 Å². The molecule has 0 aliphatic heterocycles. The maximum Gasteiger partial charge on any atom is 0.188 e. The topological polar surface area (TPSA) is 17.1 Å². The van der Waals surface area contributed by atoms with Gasteiger partial charge in [0, 0.05) is 10.4 Å². The lowest BCUT2D eigenvalue weighted by Gasteiger charge is -1.74. The third-order valence-electron chi connectivity index (χ3n) is 1.24. The minimum Gasteiger partial charge on any atom is -0.289 e. The molecule has 0 radical (unpaired) electrons. The molecule has 2 rings (SSSR count). The second-order valence-electron chi connectivity index (χ2n) is 1.90. The predicted molar refractivity (Wildman–Crippen MR) is 38.4 cm³/mol. The van der Waals surface area contributed by atoms with E-state index in [1.165, 1.54) is 0 Å². The SMILES string of the molecule is O=c1cc1-c1cccs1. The maximum atomic E-state index is 10.5. The standard InChI is InChI=1S/C7H4OS/c8-6-4-5(6)7-2-1-3-9-7/h1-4H. The summed E-state index contributed by atoms with van der Waals surface area (Å²) in [5, 5.41) is 1.97. The van der Waals surface area contributed by atoms with Gasteiger partial charge in [0.25, 0.3) is 0 Å². The van der Waals surface area contributed by atoms with Gasteiger partial charge in [0.05, 0.1) is 0 Å². The van der Waals surface area contributed by atoms with Crippen LogP contribution in [0.4, 0.5) is 0 Å². The van der Waals surface area contributed by atoms with Crippen LogP contribution in [0.3, 0.4) is 0 Å². The summed E-state index contributed by atoms with van der Waals surface area (Å²) < 4.78 is 0. The van der Waals surface area contributed by atoms with Gasteiger partial charge in [0.1, 0.15) is 0 Å². The van der Waals surface area contributed by atoms with Crippen LogP contribution < -0.4 is 5.43 Å². The first-order valence-electron chi connectivity index (χ1n) is 2.68. The molecule has 1 nitrogen and oxygen atoms in total. The second-order valence-corrected chi connectivity index (χ2v) is 2.85. The Morgan fingerprint density at radius 1 is 1.44 bits per heavy atom. The summed E-state index contributed by atoms with van der Waals surface area (Å²) in [6, 6.07) is 5.57. The van der Waals surface area contributed by atoms with Crippen molar-refractivity contribution >= 4 is 11.3 Å². The van der Waals surface area contributed by atoms with E-state index in [-0.39, 0.29) is 5.43 Å². The van der Waals surface area contributed by atoms with Crippen molar-refractivity contribution in [2.24, 2.45) is 0 Å². The average molecular weight is 136 g/mol. The van der Waals surface area contributed by atoms with Crippen LogP contribution in [0, 0.1) is 0 Å². The van der Waals surface area contributed by atoms with Crippen LogP contribution in [-0.2, 0) is 0 Å². The van der Waals surface area contributed by atoms with E-state index in [0.717, 1.165) is 10.4 Å². The van der Waals surface area contributed by atoms with Gasteiger partial charge in [-0.2, -0.15) is 0 Å². The Balaban J connectivity index is 2.50. The van der Waals surface area contributed by atoms with Gasteiger partial charge in [-0.1, -0.05) is 6.07 Å². The fourth-order valence-electron chi connectivity index (χ4n) is 0.719.